The zero-order chi connectivity index (χ0) is 25.9. The quantitative estimate of drug-likeness (QED) is 0.488. The Balaban J connectivity index is 1.82. The van der Waals surface area contributed by atoms with Gasteiger partial charge in [0.15, 0.2) is 11.4 Å². The summed E-state index contributed by atoms with van der Waals surface area (Å²) in [5.41, 5.74) is 1.99. The fourth-order valence-electron chi connectivity index (χ4n) is 4.75. The molecule has 36 heavy (non-hydrogen) atoms. The number of hydrogen-bond acceptors (Lipinski definition) is 5. The van der Waals surface area contributed by atoms with Crippen LogP contribution in [0.4, 0.5) is 13.2 Å². The van der Waals surface area contributed by atoms with E-state index >= 15 is 0 Å². The van der Waals surface area contributed by atoms with Gasteiger partial charge in [-0.3, -0.25) is 19.3 Å². The third-order valence-electron chi connectivity index (χ3n) is 6.66. The minimum Gasteiger partial charge on any atom is -0.502 e. The Morgan fingerprint density at radius 2 is 1.86 bits per heavy atom. The van der Waals surface area contributed by atoms with Crippen molar-refractivity contribution >= 4 is 29.3 Å². The van der Waals surface area contributed by atoms with Gasteiger partial charge >= 0.3 is 6.18 Å². The van der Waals surface area contributed by atoms with E-state index in [1.165, 1.54) is 10.9 Å². The van der Waals surface area contributed by atoms with Crippen LogP contribution >= 0.6 is 23.4 Å². The number of thioether (sulfide) groups is 1. The highest BCUT2D eigenvalue weighted by atomic mass is 35.5. The molecular weight excluding hydrogens is 515 g/mol. The maximum Gasteiger partial charge on any atom is 0.408 e. The van der Waals surface area contributed by atoms with E-state index in [1.54, 1.807) is 22.8 Å². The number of carbonyl (C=O) groups excluding carboxylic acids is 1. The number of pyridine rings is 1. The molecule has 188 valence electrons. The first-order chi connectivity index (χ1) is 17.0. The zero-order valence-corrected chi connectivity index (χ0v) is 20.8. The van der Waals surface area contributed by atoms with E-state index in [9.17, 15) is 27.9 Å². The third kappa shape index (κ3) is 3.83. The molecule has 0 aliphatic carbocycles. The first-order valence-electron chi connectivity index (χ1n) is 11.1. The van der Waals surface area contributed by atoms with Crippen LogP contribution in [-0.2, 0) is 5.75 Å². The monoisotopic (exact) mass is 535 g/mol. The summed E-state index contributed by atoms with van der Waals surface area (Å²) < 4.78 is 42.7. The maximum absolute atomic E-state index is 13.8. The summed E-state index contributed by atoms with van der Waals surface area (Å²) in [4.78, 5) is 27.1. The number of aryl methyl sites for hydroxylation is 1. The molecule has 3 heterocycles. The summed E-state index contributed by atoms with van der Waals surface area (Å²) >= 11 is 8.31. The highest BCUT2D eigenvalue weighted by Gasteiger charge is 2.47. The molecule has 5 rings (SSSR count). The van der Waals surface area contributed by atoms with Crippen molar-refractivity contribution in [3.63, 3.8) is 0 Å². The highest BCUT2D eigenvalue weighted by Crippen LogP contribution is 2.46. The van der Waals surface area contributed by atoms with Crippen molar-refractivity contribution in [2.45, 2.75) is 42.8 Å². The number of amides is 1. The Morgan fingerprint density at radius 1 is 1.14 bits per heavy atom. The van der Waals surface area contributed by atoms with Crippen molar-refractivity contribution in [2.75, 3.05) is 11.7 Å². The summed E-state index contributed by atoms with van der Waals surface area (Å²) in [6.07, 6.45) is -3.42. The van der Waals surface area contributed by atoms with E-state index in [-0.39, 0.29) is 0 Å². The van der Waals surface area contributed by atoms with Gasteiger partial charge in [-0.1, -0.05) is 41.9 Å². The predicted octanol–water partition coefficient (Wildman–Crippen LogP) is 5.21. The van der Waals surface area contributed by atoms with Gasteiger partial charge in [0, 0.05) is 33.5 Å². The van der Waals surface area contributed by atoms with Crippen LogP contribution in [-0.4, -0.2) is 39.5 Å². The normalized spacial score (nSPS) is 18.3. The number of halogens is 4. The van der Waals surface area contributed by atoms with Crippen molar-refractivity contribution in [3.05, 3.63) is 91.9 Å². The minimum atomic E-state index is -4.72. The van der Waals surface area contributed by atoms with Gasteiger partial charge in [0.05, 0.1) is 0 Å². The largest absolute Gasteiger partial charge is 0.502 e. The van der Waals surface area contributed by atoms with E-state index in [4.69, 9.17) is 11.6 Å². The molecule has 0 saturated heterocycles. The molecular formula is C25H21ClF3N3O3S. The summed E-state index contributed by atoms with van der Waals surface area (Å²) in [6, 6.07) is 9.34. The van der Waals surface area contributed by atoms with E-state index < -0.39 is 47.7 Å². The molecule has 1 amide bonds. The van der Waals surface area contributed by atoms with Gasteiger partial charge in [0.2, 0.25) is 5.43 Å². The molecule has 1 N–H and O–H groups in total. The fourth-order valence-corrected chi connectivity index (χ4v) is 6.24. The first kappa shape index (κ1) is 24.6. The Kier molecular flexibility index (Phi) is 5.99. The van der Waals surface area contributed by atoms with E-state index in [0.717, 1.165) is 34.6 Å². The number of aromatic nitrogens is 1. The topological polar surface area (TPSA) is 65.8 Å². The predicted molar refractivity (Wildman–Crippen MR) is 131 cm³/mol. The van der Waals surface area contributed by atoms with Crippen LogP contribution in [0.15, 0.2) is 58.4 Å². The van der Waals surface area contributed by atoms with E-state index in [0.29, 0.717) is 21.2 Å². The van der Waals surface area contributed by atoms with E-state index in [2.05, 4.69) is 0 Å². The molecule has 0 fully saturated rings. The Labute approximate surface area is 213 Å². The standard InChI is InChI=1S/C25H21ClF3N3O3S/c1-13-5-3-7-16-20(19-15(11-36-23(13)16)6-4-8-17(19)26)32-12-30(14(2)25(27,28)29)24(35)21-22(34)18(33)9-10-31(21)32/h3-10,14,20,34H,11-12H2,1-2H3/t14-,20-/m1/s1. The summed E-state index contributed by atoms with van der Waals surface area (Å²) in [6.45, 7) is 2.38. The number of benzene rings is 2. The smallest absolute Gasteiger partial charge is 0.408 e. The van der Waals surface area contributed by atoms with Crippen LogP contribution in [0, 0.1) is 6.92 Å². The number of nitrogens with zero attached hydrogens (tertiary/aromatic N) is 3. The van der Waals surface area contributed by atoms with Gasteiger partial charge in [-0.2, -0.15) is 13.2 Å². The lowest BCUT2D eigenvalue weighted by molar-refractivity contribution is -0.173. The Hall–Kier alpha value is -3.11. The molecule has 11 heteroatoms. The van der Waals surface area contributed by atoms with E-state index in [1.807, 2.05) is 37.3 Å². The lowest BCUT2D eigenvalue weighted by atomic mass is 9.93. The summed E-state index contributed by atoms with van der Waals surface area (Å²) in [5, 5.41) is 12.5. The van der Waals surface area contributed by atoms with Crippen molar-refractivity contribution < 1.29 is 23.1 Å². The molecule has 3 aromatic rings. The number of hydrogen-bond donors (Lipinski definition) is 1. The molecule has 0 radical (unpaired) electrons. The number of fused-ring (bicyclic) bond motifs is 3. The van der Waals surface area contributed by atoms with Gasteiger partial charge in [0.1, 0.15) is 18.8 Å². The third-order valence-corrected chi connectivity index (χ3v) is 8.29. The number of rotatable bonds is 2. The van der Waals surface area contributed by atoms with Crippen molar-refractivity contribution in [2.24, 2.45) is 0 Å². The molecule has 0 unspecified atom stereocenters. The first-order valence-corrected chi connectivity index (χ1v) is 12.5. The number of aromatic hydroxyl groups is 1. The van der Waals surface area contributed by atoms with Gasteiger partial charge < -0.3 is 10.0 Å². The second-order valence-electron chi connectivity index (χ2n) is 8.79. The van der Waals surface area contributed by atoms with Crippen molar-refractivity contribution in [3.8, 4) is 5.75 Å². The van der Waals surface area contributed by atoms with Gasteiger partial charge in [0.25, 0.3) is 5.91 Å². The average Bonchev–Trinajstić information content (AvgIpc) is 2.99. The summed E-state index contributed by atoms with van der Waals surface area (Å²) in [5.74, 6) is -1.40. The van der Waals surface area contributed by atoms with Crippen molar-refractivity contribution in [1.29, 1.82) is 0 Å². The number of carbonyl (C=O) groups is 1. The molecule has 2 aliphatic heterocycles. The molecule has 0 bridgehead atoms. The molecule has 2 aromatic carbocycles. The molecule has 2 aliphatic rings. The zero-order valence-electron chi connectivity index (χ0n) is 19.2. The Morgan fingerprint density at radius 3 is 2.58 bits per heavy atom. The summed E-state index contributed by atoms with van der Waals surface area (Å²) in [7, 11) is 0. The van der Waals surface area contributed by atoms with Gasteiger partial charge in [-0.05, 0) is 36.6 Å². The van der Waals surface area contributed by atoms with Crippen LogP contribution in [0.25, 0.3) is 0 Å². The van der Waals surface area contributed by atoms with Crippen LogP contribution in [0.3, 0.4) is 0 Å². The average molecular weight is 536 g/mol. The minimum absolute atomic E-state index is 0.423. The maximum atomic E-state index is 13.8. The lowest BCUT2D eigenvalue weighted by Crippen LogP contribution is -2.60. The molecule has 6 nitrogen and oxygen atoms in total. The molecule has 1 aromatic heterocycles. The second kappa shape index (κ2) is 8.77. The molecule has 0 saturated carbocycles. The van der Waals surface area contributed by atoms with Crippen molar-refractivity contribution in [1.82, 2.24) is 9.58 Å². The van der Waals surface area contributed by atoms with Gasteiger partial charge in [-0.15, -0.1) is 11.8 Å². The molecule has 2 atom stereocenters. The van der Waals surface area contributed by atoms with Crippen LogP contribution < -0.4 is 10.4 Å². The van der Waals surface area contributed by atoms with Crippen LogP contribution in [0.2, 0.25) is 5.02 Å². The van der Waals surface area contributed by atoms with Gasteiger partial charge in [-0.25, -0.2) is 0 Å². The highest BCUT2D eigenvalue weighted by molar-refractivity contribution is 7.98. The fraction of sp³-hybridized carbons (Fsp3) is 0.280. The van der Waals surface area contributed by atoms with Crippen LogP contribution in [0.5, 0.6) is 5.75 Å². The Bertz CT molecular complexity index is 1440. The lowest BCUT2D eigenvalue weighted by Gasteiger charge is -2.46. The van der Waals surface area contributed by atoms with Crippen LogP contribution in [0.1, 0.15) is 45.7 Å². The molecule has 0 spiro atoms. The number of alkyl halides is 3. The SMILES string of the molecule is Cc1cccc2c1SCc1cccc(Cl)c1[C@@H]2N1CN([C@H](C)C(F)(F)F)C(=O)c2c(O)c(=O)ccn21. The second-order valence-corrected chi connectivity index (χ2v) is 10.2.